The number of aliphatic hydroxyl groups is 1. The maximum atomic E-state index is 13.7. The quantitative estimate of drug-likeness (QED) is 0.759. The minimum absolute atomic E-state index is 0.0163. The number of halogens is 1. The van der Waals surface area contributed by atoms with Crippen LogP contribution in [0.4, 0.5) is 10.1 Å². The van der Waals surface area contributed by atoms with Gasteiger partial charge in [0.2, 0.25) is 0 Å². The summed E-state index contributed by atoms with van der Waals surface area (Å²) in [7, 11) is 0. The van der Waals surface area contributed by atoms with E-state index in [-0.39, 0.29) is 18.0 Å². The average molecular weight is 253 g/mol. The molecule has 0 aliphatic heterocycles. The summed E-state index contributed by atoms with van der Waals surface area (Å²) in [5, 5.41) is 9.08. The van der Waals surface area contributed by atoms with Gasteiger partial charge in [-0.15, -0.1) is 0 Å². The first-order valence-electron chi connectivity index (χ1n) is 6.27. The Labute approximate surface area is 107 Å². The molecule has 0 unspecified atom stereocenters. The number of benzene rings is 1. The molecule has 18 heavy (non-hydrogen) atoms. The second-order valence-electron chi connectivity index (χ2n) is 4.25. The molecular formula is C14H20FNO2. The van der Waals surface area contributed by atoms with Gasteiger partial charge >= 0.3 is 0 Å². The second kappa shape index (κ2) is 7.11. The van der Waals surface area contributed by atoms with Crippen molar-refractivity contribution in [1.29, 1.82) is 0 Å². The van der Waals surface area contributed by atoms with E-state index < -0.39 is 5.82 Å². The SMILES string of the molecule is CCCCN(CCO)c1cccc(F)c1C(C)=O. The highest BCUT2D eigenvalue weighted by molar-refractivity contribution is 6.00. The molecule has 0 amide bonds. The van der Waals surface area contributed by atoms with Crippen LogP contribution < -0.4 is 4.90 Å². The Morgan fingerprint density at radius 3 is 2.67 bits per heavy atom. The third-order valence-corrected chi connectivity index (χ3v) is 2.84. The van der Waals surface area contributed by atoms with Gasteiger partial charge in [-0.25, -0.2) is 4.39 Å². The van der Waals surface area contributed by atoms with Crippen LogP contribution in [-0.2, 0) is 0 Å². The number of anilines is 1. The molecule has 1 rings (SSSR count). The summed E-state index contributed by atoms with van der Waals surface area (Å²) in [6.45, 7) is 4.52. The Kier molecular flexibility index (Phi) is 5.78. The van der Waals surface area contributed by atoms with Crippen molar-refractivity contribution in [2.75, 3.05) is 24.6 Å². The van der Waals surface area contributed by atoms with Crippen molar-refractivity contribution < 1.29 is 14.3 Å². The molecule has 1 aromatic rings. The predicted octanol–water partition coefficient (Wildman–Crippen LogP) is 2.63. The first-order chi connectivity index (χ1) is 8.61. The van der Waals surface area contributed by atoms with Crippen LogP contribution in [0.3, 0.4) is 0 Å². The third-order valence-electron chi connectivity index (χ3n) is 2.84. The largest absolute Gasteiger partial charge is 0.395 e. The van der Waals surface area contributed by atoms with Crippen molar-refractivity contribution in [1.82, 2.24) is 0 Å². The molecule has 0 radical (unpaired) electrons. The molecule has 100 valence electrons. The second-order valence-corrected chi connectivity index (χ2v) is 4.25. The summed E-state index contributed by atoms with van der Waals surface area (Å²) < 4.78 is 13.7. The fourth-order valence-corrected chi connectivity index (χ4v) is 1.95. The van der Waals surface area contributed by atoms with Crippen molar-refractivity contribution in [2.45, 2.75) is 26.7 Å². The van der Waals surface area contributed by atoms with Gasteiger partial charge in [-0.2, -0.15) is 0 Å². The minimum Gasteiger partial charge on any atom is -0.395 e. The lowest BCUT2D eigenvalue weighted by molar-refractivity contribution is 0.101. The van der Waals surface area contributed by atoms with Gasteiger partial charge in [0.1, 0.15) is 5.82 Å². The molecular weight excluding hydrogens is 233 g/mol. The van der Waals surface area contributed by atoms with E-state index in [0.29, 0.717) is 18.8 Å². The molecule has 0 atom stereocenters. The van der Waals surface area contributed by atoms with E-state index in [9.17, 15) is 9.18 Å². The van der Waals surface area contributed by atoms with Crippen LogP contribution in [-0.4, -0.2) is 30.6 Å². The third kappa shape index (κ3) is 3.53. The molecule has 0 bridgehead atoms. The lowest BCUT2D eigenvalue weighted by atomic mass is 10.1. The molecule has 0 spiro atoms. The van der Waals surface area contributed by atoms with E-state index in [1.54, 1.807) is 12.1 Å². The van der Waals surface area contributed by atoms with E-state index in [1.165, 1.54) is 13.0 Å². The van der Waals surface area contributed by atoms with Gasteiger partial charge in [-0.1, -0.05) is 19.4 Å². The summed E-state index contributed by atoms with van der Waals surface area (Å²) in [4.78, 5) is 13.4. The van der Waals surface area contributed by atoms with E-state index in [1.807, 2.05) is 4.90 Å². The van der Waals surface area contributed by atoms with E-state index in [4.69, 9.17) is 5.11 Å². The number of nitrogens with zero attached hydrogens (tertiary/aromatic N) is 1. The fourth-order valence-electron chi connectivity index (χ4n) is 1.95. The molecule has 0 saturated carbocycles. The first kappa shape index (κ1) is 14.6. The molecule has 0 heterocycles. The maximum Gasteiger partial charge on any atom is 0.164 e. The molecule has 0 fully saturated rings. The number of unbranched alkanes of at least 4 members (excludes halogenated alkanes) is 1. The number of ketones is 1. The lowest BCUT2D eigenvalue weighted by Crippen LogP contribution is -2.29. The minimum atomic E-state index is -0.501. The van der Waals surface area contributed by atoms with Gasteiger partial charge in [-0.05, 0) is 25.5 Å². The molecule has 0 aliphatic carbocycles. The number of aliphatic hydroxyl groups excluding tert-OH is 1. The average Bonchev–Trinajstić information content (AvgIpc) is 2.33. The summed E-state index contributed by atoms with van der Waals surface area (Å²) in [5.41, 5.74) is 0.687. The van der Waals surface area contributed by atoms with Crippen molar-refractivity contribution in [3.8, 4) is 0 Å². The topological polar surface area (TPSA) is 40.5 Å². The molecule has 1 aromatic carbocycles. The van der Waals surface area contributed by atoms with Gasteiger partial charge in [-0.3, -0.25) is 4.79 Å². The standard InChI is InChI=1S/C14H20FNO2/c1-3-4-8-16(9-10-17)13-7-5-6-12(15)14(13)11(2)18/h5-7,17H,3-4,8-10H2,1-2H3. The first-order valence-corrected chi connectivity index (χ1v) is 6.27. The number of carbonyl (C=O) groups is 1. The van der Waals surface area contributed by atoms with Crippen LogP contribution in [0.15, 0.2) is 18.2 Å². The van der Waals surface area contributed by atoms with Crippen LogP contribution >= 0.6 is 0 Å². The molecule has 4 heteroatoms. The van der Waals surface area contributed by atoms with E-state index in [0.717, 1.165) is 12.8 Å². The zero-order chi connectivity index (χ0) is 13.5. The van der Waals surface area contributed by atoms with Crippen LogP contribution in [0.5, 0.6) is 0 Å². The predicted molar refractivity (Wildman–Crippen MR) is 70.6 cm³/mol. The van der Waals surface area contributed by atoms with Crippen molar-refractivity contribution in [3.63, 3.8) is 0 Å². The van der Waals surface area contributed by atoms with Crippen LogP contribution in [0.1, 0.15) is 37.0 Å². The van der Waals surface area contributed by atoms with Gasteiger partial charge < -0.3 is 10.0 Å². The summed E-state index contributed by atoms with van der Waals surface area (Å²) in [5.74, 6) is -0.790. The van der Waals surface area contributed by atoms with Gasteiger partial charge in [0.15, 0.2) is 5.78 Å². The Morgan fingerprint density at radius 2 is 2.11 bits per heavy atom. The molecule has 3 nitrogen and oxygen atoms in total. The van der Waals surface area contributed by atoms with Crippen molar-refractivity contribution in [2.24, 2.45) is 0 Å². The molecule has 0 saturated heterocycles. The Balaban J connectivity index is 3.10. The van der Waals surface area contributed by atoms with Crippen LogP contribution in [0.25, 0.3) is 0 Å². The monoisotopic (exact) mass is 253 g/mol. The van der Waals surface area contributed by atoms with Crippen LogP contribution in [0.2, 0.25) is 0 Å². The normalized spacial score (nSPS) is 10.4. The highest BCUT2D eigenvalue weighted by atomic mass is 19.1. The number of rotatable bonds is 7. The highest BCUT2D eigenvalue weighted by Gasteiger charge is 2.17. The van der Waals surface area contributed by atoms with Gasteiger partial charge in [0.05, 0.1) is 17.9 Å². The fraction of sp³-hybridized carbons (Fsp3) is 0.500. The van der Waals surface area contributed by atoms with Crippen molar-refractivity contribution in [3.05, 3.63) is 29.6 Å². The summed E-state index contributed by atoms with van der Waals surface area (Å²) in [6.07, 6.45) is 1.94. The highest BCUT2D eigenvalue weighted by Crippen LogP contribution is 2.24. The smallest absolute Gasteiger partial charge is 0.164 e. The summed E-state index contributed by atoms with van der Waals surface area (Å²) >= 11 is 0. The van der Waals surface area contributed by atoms with Crippen LogP contribution in [0, 0.1) is 5.82 Å². The number of carbonyl (C=O) groups excluding carboxylic acids is 1. The van der Waals surface area contributed by atoms with Gasteiger partial charge in [0.25, 0.3) is 0 Å². The summed E-state index contributed by atoms with van der Waals surface area (Å²) in [6, 6.07) is 4.61. The molecule has 1 N–H and O–H groups in total. The van der Waals surface area contributed by atoms with E-state index >= 15 is 0 Å². The number of hydrogen-bond donors (Lipinski definition) is 1. The van der Waals surface area contributed by atoms with Gasteiger partial charge in [0, 0.05) is 13.1 Å². The molecule has 0 aromatic heterocycles. The Bertz CT molecular complexity index is 407. The van der Waals surface area contributed by atoms with E-state index in [2.05, 4.69) is 6.92 Å². The zero-order valence-electron chi connectivity index (χ0n) is 10.9. The molecule has 0 aliphatic rings. The van der Waals surface area contributed by atoms with Crippen molar-refractivity contribution >= 4 is 11.5 Å². The Morgan fingerprint density at radius 1 is 1.39 bits per heavy atom. The zero-order valence-corrected chi connectivity index (χ0v) is 10.9. The number of Topliss-reactive ketones (excluding diaryl/α,β-unsaturated/α-hetero) is 1. The lowest BCUT2D eigenvalue weighted by Gasteiger charge is -2.25. The maximum absolute atomic E-state index is 13.7. The number of hydrogen-bond acceptors (Lipinski definition) is 3. The Hall–Kier alpha value is -1.42.